The molecule has 2 aliphatic rings. The zero-order valence-electron chi connectivity index (χ0n) is 24.0. The summed E-state index contributed by atoms with van der Waals surface area (Å²) in [6, 6.07) is 20.2. The fourth-order valence-corrected chi connectivity index (χ4v) is 9.27. The molecule has 2 aliphatic heterocycles. The highest BCUT2D eigenvalue weighted by molar-refractivity contribution is 7.92. The van der Waals surface area contributed by atoms with Crippen LogP contribution in [0.2, 0.25) is 0 Å². The highest BCUT2D eigenvalue weighted by Crippen LogP contribution is 2.45. The summed E-state index contributed by atoms with van der Waals surface area (Å²) in [6.45, 7) is 0.751. The first-order chi connectivity index (χ1) is 21.3. The molecule has 230 valence electrons. The van der Waals surface area contributed by atoms with Crippen LogP contribution in [0.1, 0.15) is 47.3 Å². The Bertz CT molecular complexity index is 1680. The number of rotatable bonds is 8. The van der Waals surface area contributed by atoms with Gasteiger partial charge in [0.1, 0.15) is 4.75 Å². The van der Waals surface area contributed by atoms with Gasteiger partial charge in [-0.25, -0.2) is 23.7 Å². The zero-order valence-corrected chi connectivity index (χ0v) is 25.6. The molecule has 0 bridgehead atoms. The molecule has 2 saturated heterocycles. The topological polar surface area (TPSA) is 128 Å². The van der Waals surface area contributed by atoms with Crippen LogP contribution in [0.4, 0.5) is 0 Å². The van der Waals surface area contributed by atoms with Crippen molar-refractivity contribution in [1.82, 2.24) is 15.4 Å². The Morgan fingerprint density at radius 3 is 2.55 bits per heavy atom. The van der Waals surface area contributed by atoms with Crippen LogP contribution < -0.4 is 5.48 Å². The number of thiophene rings is 1. The third-order valence-electron chi connectivity index (χ3n) is 8.15. The third kappa shape index (κ3) is 6.34. The number of amides is 2. The second-order valence-corrected chi connectivity index (χ2v) is 14.4. The average Bonchev–Trinajstić information content (AvgIpc) is 3.75. The maximum Gasteiger partial charge on any atom is 0.253 e. The Hall–Kier alpha value is -3.84. The molecule has 4 heterocycles. The first-order valence-electron chi connectivity index (χ1n) is 14.6. The molecule has 2 fully saturated rings. The normalized spacial score (nSPS) is 21.8. The second-order valence-electron chi connectivity index (χ2n) is 10.9. The Labute approximate surface area is 259 Å². The summed E-state index contributed by atoms with van der Waals surface area (Å²) in [6.07, 6.45) is 4.65. The predicted molar refractivity (Wildman–Crippen MR) is 165 cm³/mol. The molecule has 10 nitrogen and oxygen atoms in total. The SMILES string of the molecule is O=C(C[C@]1(c2ccc(-c3ccc(-c4cnco4)cc3)s2)CCN(C(=O)c2ccccc2)CCS1(=O)=O)NOC1CCCCO1. The number of sulfone groups is 1. The smallest absolute Gasteiger partial charge is 0.253 e. The fourth-order valence-electron chi connectivity index (χ4n) is 5.66. The molecule has 12 heteroatoms. The summed E-state index contributed by atoms with van der Waals surface area (Å²) in [5, 5.41) is 0. The summed E-state index contributed by atoms with van der Waals surface area (Å²) >= 11 is 1.34. The van der Waals surface area contributed by atoms with Crippen LogP contribution in [0.5, 0.6) is 0 Å². The summed E-state index contributed by atoms with van der Waals surface area (Å²) in [7, 11) is -3.92. The Morgan fingerprint density at radius 1 is 1.02 bits per heavy atom. The van der Waals surface area contributed by atoms with E-state index < -0.39 is 26.8 Å². The minimum absolute atomic E-state index is 0.0349. The predicted octanol–water partition coefficient (Wildman–Crippen LogP) is 5.19. The largest absolute Gasteiger partial charge is 0.444 e. The van der Waals surface area contributed by atoms with Gasteiger partial charge in [0.2, 0.25) is 5.91 Å². The highest BCUT2D eigenvalue weighted by Gasteiger charge is 2.50. The fraction of sp³-hybridized carbons (Fsp3) is 0.344. The summed E-state index contributed by atoms with van der Waals surface area (Å²) in [5.41, 5.74) is 4.71. The van der Waals surface area contributed by atoms with Crippen molar-refractivity contribution in [3.05, 3.63) is 89.8 Å². The molecule has 2 aromatic carbocycles. The Morgan fingerprint density at radius 2 is 1.82 bits per heavy atom. The van der Waals surface area contributed by atoms with E-state index in [4.69, 9.17) is 14.0 Å². The van der Waals surface area contributed by atoms with Crippen molar-refractivity contribution in [2.24, 2.45) is 0 Å². The summed E-state index contributed by atoms with van der Waals surface area (Å²) in [4.78, 5) is 39.1. The van der Waals surface area contributed by atoms with Gasteiger partial charge in [0.25, 0.3) is 5.91 Å². The van der Waals surface area contributed by atoms with Crippen LogP contribution in [-0.2, 0) is 29.0 Å². The molecule has 1 N–H and O–H groups in total. The number of hydrogen-bond donors (Lipinski definition) is 1. The third-order valence-corrected chi connectivity index (χ3v) is 12.1. The van der Waals surface area contributed by atoms with Gasteiger partial charge in [-0.2, -0.15) is 0 Å². The molecule has 44 heavy (non-hydrogen) atoms. The van der Waals surface area contributed by atoms with E-state index in [0.717, 1.165) is 28.8 Å². The maximum absolute atomic E-state index is 14.2. The minimum Gasteiger partial charge on any atom is -0.444 e. The number of nitrogens with zero attached hydrogens (tertiary/aromatic N) is 2. The van der Waals surface area contributed by atoms with Crippen molar-refractivity contribution in [3.8, 4) is 21.8 Å². The number of ether oxygens (including phenoxy) is 1. The van der Waals surface area contributed by atoms with E-state index in [2.05, 4.69) is 10.5 Å². The average molecular weight is 636 g/mol. The minimum atomic E-state index is -3.92. The number of hydrogen-bond acceptors (Lipinski definition) is 9. The van der Waals surface area contributed by atoms with Gasteiger partial charge >= 0.3 is 0 Å². The van der Waals surface area contributed by atoms with Crippen LogP contribution in [0, 0.1) is 0 Å². The number of carbonyl (C=O) groups excluding carboxylic acids is 2. The van der Waals surface area contributed by atoms with E-state index in [1.54, 1.807) is 41.4 Å². The van der Waals surface area contributed by atoms with Crippen molar-refractivity contribution in [1.29, 1.82) is 0 Å². The standard InChI is InChI=1S/C32H33N3O7S2/c36-29(34-42-30-8-4-5-18-40-30)20-32(15-16-35(17-19-44(32,38)39)31(37)25-6-2-1-3-7-25)28-14-13-27(43-28)24-11-9-23(10-12-24)26-21-33-22-41-26/h1-3,6-7,9-14,21-22,30H,4-5,8,15-20H2,(H,34,36)/t30?,32-/m0/s1. The van der Waals surface area contributed by atoms with E-state index in [-0.39, 0.29) is 37.6 Å². The van der Waals surface area contributed by atoms with Crippen molar-refractivity contribution in [3.63, 3.8) is 0 Å². The van der Waals surface area contributed by atoms with Crippen LogP contribution in [0.25, 0.3) is 21.8 Å². The zero-order chi connectivity index (χ0) is 30.6. The molecule has 2 atom stereocenters. The number of nitrogens with one attached hydrogen (secondary N) is 1. The van der Waals surface area contributed by atoms with Gasteiger partial charge in [-0.05, 0) is 49.1 Å². The van der Waals surface area contributed by atoms with Crippen molar-refractivity contribution >= 4 is 33.0 Å². The molecule has 0 radical (unpaired) electrons. The molecule has 2 aromatic heterocycles. The number of hydroxylamine groups is 1. The second kappa shape index (κ2) is 13.0. The highest BCUT2D eigenvalue weighted by atomic mass is 32.2. The van der Waals surface area contributed by atoms with Crippen molar-refractivity contribution in [2.75, 3.05) is 25.4 Å². The quantitative estimate of drug-likeness (QED) is 0.262. The Balaban J connectivity index is 1.29. The van der Waals surface area contributed by atoms with E-state index in [1.165, 1.54) is 17.7 Å². The van der Waals surface area contributed by atoms with Gasteiger partial charge in [0, 0.05) is 47.0 Å². The molecule has 1 unspecified atom stereocenters. The molecule has 6 rings (SSSR count). The van der Waals surface area contributed by atoms with Gasteiger partial charge in [-0.1, -0.05) is 42.5 Å². The molecule has 0 aliphatic carbocycles. The molecule has 4 aromatic rings. The number of carbonyl (C=O) groups is 2. The molecular formula is C32H33N3O7S2. The van der Waals surface area contributed by atoms with E-state index in [0.29, 0.717) is 29.2 Å². The Kier molecular flexibility index (Phi) is 8.94. The lowest BCUT2D eigenvalue weighted by Crippen LogP contribution is -2.43. The van der Waals surface area contributed by atoms with Gasteiger partial charge in [-0.3, -0.25) is 9.59 Å². The van der Waals surface area contributed by atoms with Gasteiger partial charge < -0.3 is 14.1 Å². The van der Waals surface area contributed by atoms with Crippen LogP contribution in [-0.4, -0.2) is 61.9 Å². The van der Waals surface area contributed by atoms with E-state index in [9.17, 15) is 18.0 Å². The lowest BCUT2D eigenvalue weighted by atomic mass is 9.97. The maximum atomic E-state index is 14.2. The lowest BCUT2D eigenvalue weighted by Gasteiger charge is -2.31. The van der Waals surface area contributed by atoms with Crippen molar-refractivity contribution in [2.45, 2.75) is 43.1 Å². The first-order valence-corrected chi connectivity index (χ1v) is 17.0. The molecular weight excluding hydrogens is 603 g/mol. The van der Waals surface area contributed by atoms with Crippen LogP contribution >= 0.6 is 11.3 Å². The van der Waals surface area contributed by atoms with Crippen LogP contribution in [0.3, 0.4) is 0 Å². The van der Waals surface area contributed by atoms with Gasteiger partial charge in [0.15, 0.2) is 28.3 Å². The van der Waals surface area contributed by atoms with E-state index in [1.807, 2.05) is 36.4 Å². The number of aromatic nitrogens is 1. The number of oxazole rings is 1. The summed E-state index contributed by atoms with van der Waals surface area (Å²) < 4.78 is 37.8. The molecule has 0 saturated carbocycles. The first kappa shape index (κ1) is 30.2. The molecule has 2 amide bonds. The molecule has 0 spiro atoms. The summed E-state index contributed by atoms with van der Waals surface area (Å²) in [5.74, 6) is -0.423. The van der Waals surface area contributed by atoms with E-state index >= 15 is 0 Å². The lowest BCUT2D eigenvalue weighted by molar-refractivity contribution is -0.200. The number of benzene rings is 2. The monoisotopic (exact) mass is 635 g/mol. The van der Waals surface area contributed by atoms with Gasteiger partial charge in [0.05, 0.1) is 18.4 Å². The van der Waals surface area contributed by atoms with Crippen LogP contribution in [0.15, 0.2) is 83.7 Å². The van der Waals surface area contributed by atoms with Crippen molar-refractivity contribution < 1.29 is 32.0 Å². The van der Waals surface area contributed by atoms with Gasteiger partial charge in [-0.15, -0.1) is 11.3 Å².